The smallest absolute Gasteiger partial charge is 0.165 e. The predicted molar refractivity (Wildman–Crippen MR) is 89.9 cm³/mol. The molecule has 1 aliphatic rings. The molecule has 2 rings (SSSR count). The summed E-state index contributed by atoms with van der Waals surface area (Å²) >= 11 is 0. The van der Waals surface area contributed by atoms with Gasteiger partial charge in [-0.3, -0.25) is 0 Å². The van der Waals surface area contributed by atoms with Gasteiger partial charge in [-0.2, -0.15) is 5.26 Å². The van der Waals surface area contributed by atoms with Crippen LogP contribution in [0.4, 0.5) is 4.39 Å². The number of ether oxygens (including phenoxy) is 1. The number of nitriles is 1. The van der Waals surface area contributed by atoms with Crippen molar-refractivity contribution in [1.82, 2.24) is 4.90 Å². The molecule has 4 heteroatoms. The Morgan fingerprint density at radius 1 is 1.39 bits per heavy atom. The Morgan fingerprint density at radius 3 is 2.70 bits per heavy atom. The van der Waals surface area contributed by atoms with Gasteiger partial charge >= 0.3 is 0 Å². The summed E-state index contributed by atoms with van der Waals surface area (Å²) in [5.74, 6) is 0.309. The largest absolute Gasteiger partial charge is 0.494 e. The molecule has 0 unspecified atom stereocenters. The Kier molecular flexibility index (Phi) is 5.23. The third kappa shape index (κ3) is 3.62. The van der Waals surface area contributed by atoms with Gasteiger partial charge < -0.3 is 9.64 Å². The molecule has 0 fully saturated rings. The lowest BCUT2D eigenvalue weighted by Crippen LogP contribution is -2.22. The second-order valence-corrected chi connectivity index (χ2v) is 5.89. The van der Waals surface area contributed by atoms with Crippen molar-refractivity contribution in [3.05, 3.63) is 59.7 Å². The van der Waals surface area contributed by atoms with E-state index in [1.807, 2.05) is 17.2 Å². The van der Waals surface area contributed by atoms with Crippen molar-refractivity contribution in [2.45, 2.75) is 20.3 Å². The van der Waals surface area contributed by atoms with E-state index >= 15 is 0 Å². The van der Waals surface area contributed by atoms with Crippen LogP contribution in [0.25, 0.3) is 5.57 Å². The first-order valence-corrected chi connectivity index (χ1v) is 7.60. The minimum atomic E-state index is -0.448. The molecule has 0 saturated carbocycles. The molecule has 0 spiro atoms. The highest BCUT2D eigenvalue weighted by molar-refractivity contribution is 5.83. The van der Waals surface area contributed by atoms with Crippen LogP contribution in [0.2, 0.25) is 0 Å². The highest BCUT2D eigenvalue weighted by Gasteiger charge is 2.20. The fraction of sp³-hybridized carbons (Fsp3) is 0.316. The summed E-state index contributed by atoms with van der Waals surface area (Å²) in [6.07, 6.45) is 4.76. The molecular formula is C19H21FN2O. The maximum atomic E-state index is 13.9. The van der Waals surface area contributed by atoms with Gasteiger partial charge in [0, 0.05) is 18.3 Å². The monoisotopic (exact) mass is 312 g/mol. The maximum absolute atomic E-state index is 13.9. The molecule has 1 aliphatic heterocycles. The zero-order valence-electron chi connectivity index (χ0n) is 13.8. The minimum absolute atomic E-state index is 0.185. The number of halogens is 1. The molecular weight excluding hydrogens is 291 g/mol. The lowest BCUT2D eigenvalue weighted by atomic mass is 9.95. The summed E-state index contributed by atoms with van der Waals surface area (Å²) in [5, 5.41) is 9.51. The van der Waals surface area contributed by atoms with Crippen LogP contribution in [0.1, 0.15) is 25.8 Å². The van der Waals surface area contributed by atoms with Crippen LogP contribution >= 0.6 is 0 Å². The van der Waals surface area contributed by atoms with Crippen LogP contribution in [0.5, 0.6) is 5.75 Å². The molecule has 1 aromatic rings. The van der Waals surface area contributed by atoms with Crippen molar-refractivity contribution in [3.8, 4) is 11.8 Å². The molecule has 0 amide bonds. The quantitative estimate of drug-likeness (QED) is 0.803. The van der Waals surface area contributed by atoms with Crippen molar-refractivity contribution in [2.75, 3.05) is 13.7 Å². The summed E-state index contributed by atoms with van der Waals surface area (Å²) < 4.78 is 18.9. The minimum Gasteiger partial charge on any atom is -0.494 e. The van der Waals surface area contributed by atoms with Crippen LogP contribution in [0.3, 0.4) is 0 Å². The van der Waals surface area contributed by atoms with Gasteiger partial charge in [-0.05, 0) is 36.1 Å². The second kappa shape index (κ2) is 7.15. The predicted octanol–water partition coefficient (Wildman–Crippen LogP) is 4.50. The Hall–Kier alpha value is -2.54. The lowest BCUT2D eigenvalue weighted by molar-refractivity contribution is 0.386. The van der Waals surface area contributed by atoms with Crippen LogP contribution in [0.15, 0.2) is 48.3 Å². The Labute approximate surface area is 137 Å². The van der Waals surface area contributed by atoms with Gasteiger partial charge in [-0.1, -0.05) is 26.5 Å². The maximum Gasteiger partial charge on any atom is 0.165 e. The summed E-state index contributed by atoms with van der Waals surface area (Å²) in [6, 6.07) is 6.89. The topological polar surface area (TPSA) is 36.3 Å². The molecule has 0 saturated heterocycles. The van der Waals surface area contributed by atoms with E-state index in [1.165, 1.54) is 13.2 Å². The van der Waals surface area contributed by atoms with Crippen LogP contribution in [0, 0.1) is 23.1 Å². The van der Waals surface area contributed by atoms with Crippen LogP contribution in [-0.2, 0) is 0 Å². The number of hydrogen-bond acceptors (Lipinski definition) is 3. The van der Waals surface area contributed by atoms with Crippen LogP contribution < -0.4 is 4.74 Å². The van der Waals surface area contributed by atoms with E-state index in [4.69, 9.17) is 4.74 Å². The van der Waals surface area contributed by atoms with E-state index in [0.717, 1.165) is 13.0 Å². The number of rotatable bonds is 5. The van der Waals surface area contributed by atoms with E-state index in [0.29, 0.717) is 28.3 Å². The summed E-state index contributed by atoms with van der Waals surface area (Å²) in [5.41, 5.74) is 2.45. The first-order valence-electron chi connectivity index (χ1n) is 7.60. The number of methoxy groups -OCH3 is 1. The molecule has 0 N–H and O–H groups in total. The molecule has 0 aromatic heterocycles. The van der Waals surface area contributed by atoms with E-state index < -0.39 is 5.82 Å². The number of nitrogens with zero attached hydrogens (tertiary/aromatic N) is 2. The normalized spacial score (nSPS) is 14.4. The number of allylic oxidation sites excluding steroid dienone is 3. The fourth-order valence-electron chi connectivity index (χ4n) is 2.44. The molecule has 3 nitrogen and oxygen atoms in total. The standard InChI is InChI=1S/C19H21FN2O/c1-13(2)7-9-22-10-8-16(17(12-21)14(22)3)15-5-6-19(23-4)18(20)11-15/h5-6,8,10-11,13H,3,7,9H2,1-2,4H3. The number of hydrogen-bond donors (Lipinski definition) is 0. The first kappa shape index (κ1) is 16.8. The van der Waals surface area contributed by atoms with Gasteiger partial charge in [-0.25, -0.2) is 4.39 Å². The van der Waals surface area contributed by atoms with Gasteiger partial charge in [0.05, 0.1) is 18.4 Å². The van der Waals surface area contributed by atoms with E-state index in [2.05, 4.69) is 26.5 Å². The zero-order valence-corrected chi connectivity index (χ0v) is 13.8. The lowest BCUT2D eigenvalue weighted by Gasteiger charge is -2.28. The van der Waals surface area contributed by atoms with Gasteiger partial charge in [0.25, 0.3) is 0 Å². The van der Waals surface area contributed by atoms with Crippen molar-refractivity contribution < 1.29 is 9.13 Å². The Morgan fingerprint density at radius 2 is 2.13 bits per heavy atom. The van der Waals surface area contributed by atoms with Crippen molar-refractivity contribution in [1.29, 1.82) is 5.26 Å². The average Bonchev–Trinajstić information content (AvgIpc) is 2.53. The molecule has 0 radical (unpaired) electrons. The van der Waals surface area contributed by atoms with Gasteiger partial charge in [0.1, 0.15) is 6.07 Å². The number of benzene rings is 1. The first-order chi connectivity index (χ1) is 11.0. The SMILES string of the molecule is C=C1C(C#N)=C(c2ccc(OC)c(F)c2)C=CN1CCC(C)C. The van der Waals surface area contributed by atoms with E-state index in [9.17, 15) is 9.65 Å². The third-order valence-electron chi connectivity index (χ3n) is 3.85. The Balaban J connectivity index is 2.34. The molecule has 0 aliphatic carbocycles. The van der Waals surface area contributed by atoms with Crippen molar-refractivity contribution >= 4 is 5.57 Å². The molecule has 0 bridgehead atoms. The van der Waals surface area contributed by atoms with E-state index in [-0.39, 0.29) is 5.75 Å². The van der Waals surface area contributed by atoms with Gasteiger partial charge in [-0.15, -0.1) is 0 Å². The highest BCUT2D eigenvalue weighted by atomic mass is 19.1. The van der Waals surface area contributed by atoms with E-state index in [1.54, 1.807) is 12.1 Å². The summed E-state index contributed by atoms with van der Waals surface area (Å²) in [7, 11) is 1.42. The van der Waals surface area contributed by atoms with Crippen molar-refractivity contribution in [2.24, 2.45) is 5.92 Å². The summed E-state index contributed by atoms with van der Waals surface area (Å²) in [6.45, 7) is 9.15. The molecule has 1 heterocycles. The van der Waals surface area contributed by atoms with Gasteiger partial charge in [0.15, 0.2) is 11.6 Å². The highest BCUT2D eigenvalue weighted by Crippen LogP contribution is 2.32. The summed E-state index contributed by atoms with van der Waals surface area (Å²) in [4.78, 5) is 1.97. The third-order valence-corrected chi connectivity index (χ3v) is 3.85. The average molecular weight is 312 g/mol. The molecule has 23 heavy (non-hydrogen) atoms. The van der Waals surface area contributed by atoms with Crippen molar-refractivity contribution in [3.63, 3.8) is 0 Å². The molecule has 1 aromatic carbocycles. The van der Waals surface area contributed by atoms with Gasteiger partial charge in [0.2, 0.25) is 0 Å². The molecule has 120 valence electrons. The zero-order chi connectivity index (χ0) is 17.0. The molecule has 0 atom stereocenters. The Bertz CT molecular complexity index is 711. The van der Waals surface area contributed by atoms with Crippen LogP contribution in [-0.4, -0.2) is 18.6 Å². The second-order valence-electron chi connectivity index (χ2n) is 5.89. The fourth-order valence-corrected chi connectivity index (χ4v) is 2.44.